The number of sulfonamides is 1. The molecule has 1 atom stereocenters. The second-order valence-electron chi connectivity index (χ2n) is 11.8. The highest BCUT2D eigenvalue weighted by molar-refractivity contribution is 7.92. The molecule has 0 aliphatic carbocycles. The van der Waals surface area contributed by atoms with Crippen LogP contribution in [-0.4, -0.2) is 70.2 Å². The zero-order chi connectivity index (χ0) is 33.8. The minimum atomic E-state index is -4.81. The molecule has 0 N–H and O–H groups in total. The van der Waals surface area contributed by atoms with Crippen LogP contribution in [0.4, 0.5) is 20.3 Å². The minimum absolute atomic E-state index is 0.0627. The molecule has 2 heterocycles. The van der Waals surface area contributed by atoms with Gasteiger partial charge in [-0.2, -0.15) is 0 Å². The molecule has 13 heteroatoms. The molecule has 1 aliphatic rings. The molecule has 0 spiro atoms. The van der Waals surface area contributed by atoms with Gasteiger partial charge in [0.25, 0.3) is 10.0 Å². The summed E-state index contributed by atoms with van der Waals surface area (Å²) in [4.78, 5) is 11.0. The van der Waals surface area contributed by atoms with Gasteiger partial charge in [0.05, 0.1) is 20.8 Å². The number of piperidine rings is 1. The molecule has 0 amide bonds. The van der Waals surface area contributed by atoms with Gasteiger partial charge in [-0.15, -0.1) is 0 Å². The van der Waals surface area contributed by atoms with Crippen molar-refractivity contribution in [2.24, 2.45) is 0 Å². The molecule has 1 unspecified atom stereocenters. The number of hydrogen-bond acceptors (Lipinski definition) is 8. The van der Waals surface area contributed by atoms with Gasteiger partial charge >= 0.3 is 0 Å². The second-order valence-corrected chi connectivity index (χ2v) is 14.0. The SMILES string of the molecule is COc1ccc(CN(c2ccncn2)S(=O)(=O)c2c(F)cc(N3CCCC(CCc4cccc(Cl)c4)(N(C)C)C3)cc2F)c(OC)c1. The quantitative estimate of drug-likeness (QED) is 0.171. The molecular weight excluding hydrogens is 648 g/mol. The number of aromatic nitrogens is 2. The van der Waals surface area contributed by atoms with Crippen LogP contribution in [-0.2, 0) is 23.0 Å². The number of nitrogens with zero attached hydrogens (tertiary/aromatic N) is 5. The number of rotatable bonds is 12. The Hall–Kier alpha value is -4.00. The van der Waals surface area contributed by atoms with Crippen LogP contribution in [0.2, 0.25) is 5.02 Å². The Labute approximate surface area is 279 Å². The zero-order valence-corrected chi connectivity index (χ0v) is 28.4. The third-order valence-corrected chi connectivity index (χ3v) is 10.8. The predicted octanol–water partition coefficient (Wildman–Crippen LogP) is 6.35. The maximum atomic E-state index is 16.0. The Bertz CT molecular complexity index is 1790. The van der Waals surface area contributed by atoms with Gasteiger partial charge in [0.15, 0.2) is 4.90 Å². The summed E-state index contributed by atoms with van der Waals surface area (Å²) >= 11 is 6.21. The summed E-state index contributed by atoms with van der Waals surface area (Å²) in [5, 5.41) is 0.675. The summed E-state index contributed by atoms with van der Waals surface area (Å²) in [7, 11) is 2.14. The summed E-state index contributed by atoms with van der Waals surface area (Å²) in [5.74, 6) is -1.62. The monoisotopic (exact) mass is 685 g/mol. The van der Waals surface area contributed by atoms with Crippen LogP contribution in [0, 0.1) is 11.6 Å². The number of anilines is 2. The van der Waals surface area contributed by atoms with E-state index >= 15 is 8.78 Å². The number of benzene rings is 3. The lowest BCUT2D eigenvalue weighted by Crippen LogP contribution is -2.56. The molecule has 3 aromatic carbocycles. The highest BCUT2D eigenvalue weighted by Gasteiger charge is 2.39. The average molecular weight is 686 g/mol. The molecule has 47 heavy (non-hydrogen) atoms. The number of aryl methyl sites for hydroxylation is 1. The first-order valence-electron chi connectivity index (χ1n) is 15.1. The summed E-state index contributed by atoms with van der Waals surface area (Å²) < 4.78 is 71.8. The zero-order valence-electron chi connectivity index (χ0n) is 26.8. The van der Waals surface area contributed by atoms with Crippen molar-refractivity contribution >= 4 is 33.1 Å². The number of ether oxygens (including phenoxy) is 2. The normalized spacial score (nSPS) is 16.7. The molecule has 4 aromatic rings. The minimum Gasteiger partial charge on any atom is -0.497 e. The van der Waals surface area contributed by atoms with Gasteiger partial charge in [0.2, 0.25) is 0 Å². The van der Waals surface area contributed by atoms with Crippen LogP contribution in [0.5, 0.6) is 11.5 Å². The van der Waals surface area contributed by atoms with Gasteiger partial charge in [0.1, 0.15) is 35.3 Å². The maximum absolute atomic E-state index is 16.0. The van der Waals surface area contributed by atoms with Crippen molar-refractivity contribution in [3.63, 3.8) is 0 Å². The van der Waals surface area contributed by atoms with Gasteiger partial charge in [-0.25, -0.2) is 31.5 Å². The Kier molecular flexibility index (Phi) is 10.5. The van der Waals surface area contributed by atoms with E-state index in [9.17, 15) is 8.42 Å². The topological polar surface area (TPSA) is 88.1 Å². The fraction of sp³-hybridized carbons (Fsp3) is 0.353. The van der Waals surface area contributed by atoms with Crippen LogP contribution in [0.1, 0.15) is 30.4 Å². The van der Waals surface area contributed by atoms with E-state index in [1.807, 2.05) is 43.3 Å². The first-order valence-corrected chi connectivity index (χ1v) is 16.9. The third-order valence-electron chi connectivity index (χ3n) is 8.80. The van der Waals surface area contributed by atoms with Crippen molar-refractivity contribution in [1.29, 1.82) is 0 Å². The largest absolute Gasteiger partial charge is 0.497 e. The first-order chi connectivity index (χ1) is 22.5. The lowest BCUT2D eigenvalue weighted by Gasteiger charge is -2.48. The van der Waals surface area contributed by atoms with Crippen LogP contribution >= 0.6 is 11.6 Å². The molecule has 0 bridgehead atoms. The van der Waals surface area contributed by atoms with Crippen LogP contribution in [0.25, 0.3) is 0 Å². The molecule has 250 valence electrons. The Balaban J connectivity index is 1.47. The van der Waals surface area contributed by atoms with E-state index in [0.717, 1.165) is 47.7 Å². The molecule has 0 saturated carbocycles. The van der Waals surface area contributed by atoms with Crippen LogP contribution in [0.15, 0.2) is 78.1 Å². The van der Waals surface area contributed by atoms with Crippen molar-refractivity contribution in [2.75, 3.05) is 50.6 Å². The highest BCUT2D eigenvalue weighted by atomic mass is 35.5. The Morgan fingerprint density at radius 1 is 1.02 bits per heavy atom. The fourth-order valence-corrected chi connectivity index (χ4v) is 7.85. The molecule has 1 saturated heterocycles. The molecule has 9 nitrogen and oxygen atoms in total. The number of methoxy groups -OCH3 is 2. The number of halogens is 3. The van der Waals surface area contributed by atoms with Gasteiger partial charge in [-0.3, -0.25) is 0 Å². The molecule has 5 rings (SSSR count). The third kappa shape index (κ3) is 7.45. The van der Waals surface area contributed by atoms with Crippen molar-refractivity contribution in [1.82, 2.24) is 14.9 Å². The Morgan fingerprint density at radius 2 is 1.79 bits per heavy atom. The summed E-state index contributed by atoms with van der Waals surface area (Å²) in [6.45, 7) is 0.759. The van der Waals surface area contributed by atoms with Crippen LogP contribution < -0.4 is 18.7 Å². The van der Waals surface area contributed by atoms with Crippen molar-refractivity contribution < 1.29 is 26.7 Å². The average Bonchev–Trinajstić information content (AvgIpc) is 3.06. The predicted molar refractivity (Wildman–Crippen MR) is 179 cm³/mol. The molecule has 1 aromatic heterocycles. The van der Waals surface area contributed by atoms with Crippen molar-refractivity contribution in [2.45, 2.75) is 42.7 Å². The lowest BCUT2D eigenvalue weighted by atomic mass is 9.82. The van der Waals surface area contributed by atoms with E-state index in [4.69, 9.17) is 21.1 Å². The number of hydrogen-bond donors (Lipinski definition) is 0. The summed E-state index contributed by atoms with van der Waals surface area (Å²) in [6.07, 6.45) is 5.80. The van der Waals surface area contributed by atoms with Crippen molar-refractivity contribution in [3.8, 4) is 11.5 Å². The van der Waals surface area contributed by atoms with E-state index in [1.165, 1.54) is 32.8 Å². The van der Waals surface area contributed by atoms with Crippen LogP contribution in [0.3, 0.4) is 0 Å². The maximum Gasteiger partial charge on any atom is 0.271 e. The fourth-order valence-electron chi connectivity index (χ4n) is 6.14. The molecule has 1 aliphatic heterocycles. The molecular formula is C34H38ClF2N5O4S. The first kappa shape index (κ1) is 34.3. The van der Waals surface area contributed by atoms with E-state index in [-0.39, 0.29) is 23.6 Å². The number of likely N-dealkylation sites (N-methyl/N-ethyl adjacent to an activating group) is 1. The van der Waals surface area contributed by atoms with Gasteiger partial charge in [-0.05, 0) is 81.7 Å². The van der Waals surface area contributed by atoms with E-state index in [0.29, 0.717) is 35.2 Å². The summed E-state index contributed by atoms with van der Waals surface area (Å²) in [6, 6.07) is 16.2. The highest BCUT2D eigenvalue weighted by Crippen LogP contribution is 2.37. The second kappa shape index (κ2) is 14.4. The standard InChI is InChI=1S/C34H38ClF2N5O4S/c1-40(2)34(14-11-24-7-5-8-26(35)17-24)13-6-16-41(22-34)27-18-29(36)33(30(37)19-27)47(43,44)42(32-12-15-38-23-39-32)21-25-9-10-28(45-3)20-31(25)46-4/h5,7-10,12,15,17-20,23H,6,11,13-14,16,21-22H2,1-4H3. The van der Waals surface area contributed by atoms with Gasteiger partial charge < -0.3 is 19.3 Å². The Morgan fingerprint density at radius 3 is 2.43 bits per heavy atom. The van der Waals surface area contributed by atoms with E-state index in [2.05, 4.69) is 14.9 Å². The van der Waals surface area contributed by atoms with Gasteiger partial charge in [0, 0.05) is 53.2 Å². The van der Waals surface area contributed by atoms with Crippen molar-refractivity contribution in [3.05, 3.63) is 101 Å². The van der Waals surface area contributed by atoms with Gasteiger partial charge in [-0.1, -0.05) is 23.7 Å². The van der Waals surface area contributed by atoms with E-state index in [1.54, 1.807) is 18.2 Å². The molecule has 1 fully saturated rings. The summed E-state index contributed by atoms with van der Waals surface area (Å²) in [5.41, 5.74) is 1.54. The van der Waals surface area contributed by atoms with E-state index < -0.39 is 26.6 Å². The molecule has 0 radical (unpaired) electrons. The smallest absolute Gasteiger partial charge is 0.271 e. The lowest BCUT2D eigenvalue weighted by molar-refractivity contribution is 0.116.